The highest BCUT2D eigenvalue weighted by Crippen LogP contribution is 2.26. The summed E-state index contributed by atoms with van der Waals surface area (Å²) in [7, 11) is 1.61. The average Bonchev–Trinajstić information content (AvgIpc) is 2.64. The lowest BCUT2D eigenvalue weighted by Crippen LogP contribution is -2.40. The Labute approximate surface area is 164 Å². The Morgan fingerprint density at radius 1 is 1.27 bits per heavy atom. The van der Waals surface area contributed by atoms with Gasteiger partial charge in [0.2, 0.25) is 5.91 Å². The van der Waals surface area contributed by atoms with E-state index in [1.54, 1.807) is 13.2 Å². The van der Waals surface area contributed by atoms with Gasteiger partial charge >= 0.3 is 0 Å². The fourth-order valence-corrected chi connectivity index (χ4v) is 3.72. The largest absolute Gasteiger partial charge is 0.497 e. The molecule has 1 atom stereocenters. The zero-order valence-corrected chi connectivity index (χ0v) is 16.2. The lowest BCUT2D eigenvalue weighted by Gasteiger charge is -2.32. The van der Waals surface area contributed by atoms with Gasteiger partial charge < -0.3 is 10.1 Å². The number of likely N-dealkylation sites (tertiary alicyclic amines) is 1. The minimum absolute atomic E-state index is 0.0407. The number of nitrogens with one attached hydrogen (secondary N) is 1. The smallest absolute Gasteiger partial charge is 0.228 e. The Balaban J connectivity index is 1.61. The topological polar surface area (TPSA) is 41.6 Å². The second kappa shape index (κ2) is 8.76. The summed E-state index contributed by atoms with van der Waals surface area (Å²) in [5, 5.41) is 4.30. The van der Waals surface area contributed by atoms with Crippen molar-refractivity contribution in [3.05, 3.63) is 58.1 Å². The monoisotopic (exact) mass is 392 g/mol. The number of hydrogen-bond donors (Lipinski definition) is 1. The maximum Gasteiger partial charge on any atom is 0.228 e. The van der Waals surface area contributed by atoms with Crippen molar-refractivity contribution in [2.45, 2.75) is 19.4 Å². The van der Waals surface area contributed by atoms with E-state index in [4.69, 9.17) is 27.9 Å². The highest BCUT2D eigenvalue weighted by atomic mass is 35.5. The van der Waals surface area contributed by atoms with Crippen LogP contribution in [-0.4, -0.2) is 31.0 Å². The number of amides is 1. The van der Waals surface area contributed by atoms with Gasteiger partial charge in [-0.15, -0.1) is 0 Å². The molecule has 0 aromatic heterocycles. The molecule has 1 fully saturated rings. The van der Waals surface area contributed by atoms with Gasteiger partial charge in [-0.1, -0.05) is 35.3 Å². The van der Waals surface area contributed by atoms with Crippen molar-refractivity contribution in [2.24, 2.45) is 5.92 Å². The van der Waals surface area contributed by atoms with Crippen molar-refractivity contribution in [3.8, 4) is 5.75 Å². The number of carbonyl (C=O) groups is 1. The Hall–Kier alpha value is -1.75. The normalized spacial score (nSPS) is 17.7. The van der Waals surface area contributed by atoms with Gasteiger partial charge in [0, 0.05) is 34.9 Å². The van der Waals surface area contributed by atoms with Crippen LogP contribution in [0.2, 0.25) is 10.0 Å². The van der Waals surface area contributed by atoms with E-state index in [9.17, 15) is 4.79 Å². The second-order valence-electron chi connectivity index (χ2n) is 6.53. The summed E-state index contributed by atoms with van der Waals surface area (Å²) in [4.78, 5) is 14.9. The molecular formula is C20H22Cl2N2O2. The number of anilines is 1. The molecule has 1 aliphatic heterocycles. The molecule has 4 nitrogen and oxygen atoms in total. The standard InChI is InChI=1S/C20H22Cl2N2O2/c1-26-18-6-2-5-17(11-18)23-20(25)15-4-3-9-24(13-15)12-14-7-8-16(21)10-19(14)22/h2,5-8,10-11,15H,3-4,9,12-13H2,1H3,(H,23,25)/t15-/m1/s1. The number of hydrogen-bond acceptors (Lipinski definition) is 3. The van der Waals surface area contributed by atoms with Gasteiger partial charge in [-0.25, -0.2) is 0 Å². The molecule has 2 aromatic carbocycles. The molecule has 0 spiro atoms. The molecule has 1 aliphatic rings. The summed E-state index contributed by atoms with van der Waals surface area (Å²) in [6.45, 7) is 2.40. The fraction of sp³-hybridized carbons (Fsp3) is 0.350. The van der Waals surface area contributed by atoms with E-state index in [1.807, 2.05) is 36.4 Å². The van der Waals surface area contributed by atoms with Crippen LogP contribution in [0.3, 0.4) is 0 Å². The third-order valence-electron chi connectivity index (χ3n) is 4.62. The lowest BCUT2D eigenvalue weighted by atomic mass is 9.96. The van der Waals surface area contributed by atoms with Crippen molar-refractivity contribution < 1.29 is 9.53 Å². The molecule has 1 amide bonds. The van der Waals surface area contributed by atoms with E-state index in [0.29, 0.717) is 10.0 Å². The lowest BCUT2D eigenvalue weighted by molar-refractivity contribution is -0.121. The zero-order chi connectivity index (χ0) is 18.5. The van der Waals surface area contributed by atoms with Crippen LogP contribution in [0.5, 0.6) is 5.75 Å². The Morgan fingerprint density at radius 2 is 2.12 bits per heavy atom. The van der Waals surface area contributed by atoms with Gasteiger partial charge in [0.1, 0.15) is 5.75 Å². The molecule has 0 saturated carbocycles. The molecule has 0 radical (unpaired) electrons. The first kappa shape index (κ1) is 19.0. The summed E-state index contributed by atoms with van der Waals surface area (Å²) >= 11 is 12.2. The molecule has 0 bridgehead atoms. The van der Waals surface area contributed by atoms with E-state index < -0.39 is 0 Å². The number of nitrogens with zero attached hydrogens (tertiary/aromatic N) is 1. The molecule has 26 heavy (non-hydrogen) atoms. The van der Waals surface area contributed by atoms with Crippen LogP contribution in [0.4, 0.5) is 5.69 Å². The van der Waals surface area contributed by atoms with Gasteiger partial charge in [-0.2, -0.15) is 0 Å². The summed E-state index contributed by atoms with van der Waals surface area (Å²) in [6.07, 6.45) is 1.88. The molecule has 2 aromatic rings. The molecule has 6 heteroatoms. The third-order valence-corrected chi connectivity index (χ3v) is 5.21. The van der Waals surface area contributed by atoms with Crippen molar-refractivity contribution in [1.82, 2.24) is 4.90 Å². The Bertz CT molecular complexity index is 782. The predicted molar refractivity (Wildman–Crippen MR) is 106 cm³/mol. The molecule has 138 valence electrons. The van der Waals surface area contributed by atoms with E-state index >= 15 is 0 Å². The van der Waals surface area contributed by atoms with Crippen molar-refractivity contribution in [2.75, 3.05) is 25.5 Å². The Morgan fingerprint density at radius 3 is 2.88 bits per heavy atom. The van der Waals surface area contributed by atoms with Crippen LogP contribution in [-0.2, 0) is 11.3 Å². The van der Waals surface area contributed by atoms with Crippen molar-refractivity contribution in [1.29, 1.82) is 0 Å². The van der Waals surface area contributed by atoms with E-state index in [0.717, 1.165) is 49.5 Å². The number of ether oxygens (including phenoxy) is 1. The number of rotatable bonds is 5. The van der Waals surface area contributed by atoms with Gasteiger partial charge in [0.05, 0.1) is 13.0 Å². The molecular weight excluding hydrogens is 371 g/mol. The summed E-state index contributed by atoms with van der Waals surface area (Å²) in [6, 6.07) is 13.0. The zero-order valence-electron chi connectivity index (χ0n) is 14.7. The highest BCUT2D eigenvalue weighted by Gasteiger charge is 2.26. The third kappa shape index (κ3) is 4.91. The summed E-state index contributed by atoms with van der Waals surface area (Å²) in [5.41, 5.74) is 1.79. The van der Waals surface area contributed by atoms with Crippen LogP contribution < -0.4 is 10.1 Å². The summed E-state index contributed by atoms with van der Waals surface area (Å²) < 4.78 is 5.20. The van der Waals surface area contributed by atoms with Crippen molar-refractivity contribution >= 4 is 34.8 Å². The van der Waals surface area contributed by atoms with Gasteiger partial charge in [0.15, 0.2) is 0 Å². The number of methoxy groups -OCH3 is 1. The van der Waals surface area contributed by atoms with Gasteiger partial charge in [0.25, 0.3) is 0 Å². The second-order valence-corrected chi connectivity index (χ2v) is 7.37. The Kier molecular flexibility index (Phi) is 6.41. The molecule has 1 N–H and O–H groups in total. The maximum absolute atomic E-state index is 12.7. The summed E-state index contributed by atoms with van der Waals surface area (Å²) in [5.74, 6) is 0.733. The molecule has 1 heterocycles. The highest BCUT2D eigenvalue weighted by molar-refractivity contribution is 6.35. The van der Waals surface area contributed by atoms with Crippen LogP contribution in [0.15, 0.2) is 42.5 Å². The van der Waals surface area contributed by atoms with Crippen LogP contribution in [0, 0.1) is 5.92 Å². The first-order chi connectivity index (χ1) is 12.5. The molecule has 0 unspecified atom stereocenters. The van der Waals surface area contributed by atoms with E-state index in [1.165, 1.54) is 0 Å². The molecule has 0 aliphatic carbocycles. The first-order valence-electron chi connectivity index (χ1n) is 8.66. The van der Waals surface area contributed by atoms with Crippen molar-refractivity contribution in [3.63, 3.8) is 0 Å². The van der Waals surface area contributed by atoms with Gasteiger partial charge in [-0.3, -0.25) is 9.69 Å². The van der Waals surface area contributed by atoms with Crippen LogP contribution in [0.1, 0.15) is 18.4 Å². The molecule has 1 saturated heterocycles. The SMILES string of the molecule is COc1cccc(NC(=O)[C@@H]2CCCN(Cc3ccc(Cl)cc3Cl)C2)c1. The number of benzene rings is 2. The number of piperidine rings is 1. The minimum Gasteiger partial charge on any atom is -0.497 e. The van der Waals surface area contributed by atoms with Crippen LogP contribution in [0.25, 0.3) is 0 Å². The first-order valence-corrected chi connectivity index (χ1v) is 9.42. The van der Waals surface area contributed by atoms with Gasteiger partial charge in [-0.05, 0) is 49.2 Å². The average molecular weight is 393 g/mol. The molecule has 3 rings (SSSR count). The van der Waals surface area contributed by atoms with Crippen LogP contribution >= 0.6 is 23.2 Å². The fourth-order valence-electron chi connectivity index (χ4n) is 3.25. The number of halogens is 2. The van der Waals surface area contributed by atoms with E-state index in [-0.39, 0.29) is 11.8 Å². The number of carbonyl (C=O) groups excluding carboxylic acids is 1. The quantitative estimate of drug-likeness (QED) is 0.790. The minimum atomic E-state index is -0.0407. The maximum atomic E-state index is 12.7. The predicted octanol–water partition coefficient (Wildman–Crippen LogP) is 4.85. The van der Waals surface area contributed by atoms with E-state index in [2.05, 4.69) is 10.2 Å².